The highest BCUT2D eigenvalue weighted by atomic mass is 35.5. The second kappa shape index (κ2) is 6.46. The molecule has 0 bridgehead atoms. The van der Waals surface area contributed by atoms with Crippen LogP contribution < -0.4 is 11.1 Å². The van der Waals surface area contributed by atoms with Crippen LogP contribution in [-0.2, 0) is 4.79 Å². The van der Waals surface area contributed by atoms with Gasteiger partial charge in [0, 0.05) is 29.3 Å². The normalized spacial score (nSPS) is 20.0. The molecule has 21 heavy (non-hydrogen) atoms. The van der Waals surface area contributed by atoms with Crippen LogP contribution in [0.3, 0.4) is 0 Å². The molecule has 0 aliphatic carbocycles. The van der Waals surface area contributed by atoms with E-state index in [9.17, 15) is 4.79 Å². The highest BCUT2D eigenvalue weighted by Crippen LogP contribution is 2.31. The average Bonchev–Trinajstić information content (AvgIpc) is 2.40. The van der Waals surface area contributed by atoms with Gasteiger partial charge in [0.15, 0.2) is 0 Å². The number of nitrogens with one attached hydrogen (secondary N) is 1. The van der Waals surface area contributed by atoms with Crippen molar-refractivity contribution in [1.29, 1.82) is 0 Å². The molecule has 116 valence electrons. The quantitative estimate of drug-likeness (QED) is 0.838. The van der Waals surface area contributed by atoms with E-state index in [1.807, 2.05) is 18.7 Å². The lowest BCUT2D eigenvalue weighted by atomic mass is 10.1. The molecule has 1 fully saturated rings. The number of nitrogen functional groups attached to an aromatic ring is 1. The number of anilines is 2. The van der Waals surface area contributed by atoms with Gasteiger partial charge in [-0.3, -0.25) is 9.69 Å². The van der Waals surface area contributed by atoms with Gasteiger partial charge in [-0.05, 0) is 39.0 Å². The number of amides is 1. The van der Waals surface area contributed by atoms with E-state index < -0.39 is 0 Å². The number of carbonyl (C=O) groups excluding carboxylic acids is 1. The number of benzene rings is 1. The number of nitrogens with two attached hydrogens (primary N) is 1. The molecular weight excluding hydrogens is 306 g/mol. The van der Waals surface area contributed by atoms with Crippen molar-refractivity contribution in [2.45, 2.75) is 31.6 Å². The second-order valence-electron chi connectivity index (χ2n) is 5.98. The molecule has 1 heterocycles. The summed E-state index contributed by atoms with van der Waals surface area (Å²) in [5.74, 6) is 1.01. The van der Waals surface area contributed by atoms with Crippen LogP contribution in [-0.4, -0.2) is 40.4 Å². The van der Waals surface area contributed by atoms with Gasteiger partial charge in [0.1, 0.15) is 0 Å². The summed E-state index contributed by atoms with van der Waals surface area (Å²) in [5, 5.41) is 3.35. The summed E-state index contributed by atoms with van der Waals surface area (Å²) in [6.45, 7) is 8.20. The molecule has 1 aliphatic rings. The minimum absolute atomic E-state index is 0.0376. The van der Waals surface area contributed by atoms with E-state index >= 15 is 0 Å². The van der Waals surface area contributed by atoms with Gasteiger partial charge >= 0.3 is 0 Å². The first-order chi connectivity index (χ1) is 9.78. The van der Waals surface area contributed by atoms with Crippen LogP contribution >= 0.6 is 23.4 Å². The molecule has 1 aliphatic heterocycles. The smallest absolute Gasteiger partial charge is 0.241 e. The Labute approximate surface area is 135 Å². The molecule has 0 spiro atoms. The Hall–Kier alpha value is -0.910. The summed E-state index contributed by atoms with van der Waals surface area (Å²) in [6, 6.07) is 4.92. The molecule has 0 aromatic heterocycles. The van der Waals surface area contributed by atoms with Gasteiger partial charge in [0.05, 0.1) is 16.8 Å². The maximum atomic E-state index is 12.4. The van der Waals surface area contributed by atoms with Gasteiger partial charge in [-0.25, -0.2) is 0 Å². The van der Waals surface area contributed by atoms with Crippen molar-refractivity contribution in [2.24, 2.45) is 0 Å². The molecule has 1 aromatic carbocycles. The lowest BCUT2D eigenvalue weighted by Gasteiger charge is -2.40. The van der Waals surface area contributed by atoms with Crippen LogP contribution in [0.25, 0.3) is 0 Å². The first-order valence-electron chi connectivity index (χ1n) is 7.02. The minimum Gasteiger partial charge on any atom is -0.399 e. The van der Waals surface area contributed by atoms with E-state index in [1.54, 1.807) is 18.2 Å². The fraction of sp³-hybridized carbons (Fsp3) is 0.533. The van der Waals surface area contributed by atoms with E-state index in [2.05, 4.69) is 24.1 Å². The predicted molar refractivity (Wildman–Crippen MR) is 92.1 cm³/mol. The third-order valence-electron chi connectivity index (χ3n) is 3.63. The Morgan fingerprint density at radius 2 is 2.24 bits per heavy atom. The molecule has 1 unspecified atom stereocenters. The Bertz CT molecular complexity index is 536. The molecule has 4 nitrogen and oxygen atoms in total. The van der Waals surface area contributed by atoms with Gasteiger partial charge in [0.25, 0.3) is 0 Å². The monoisotopic (exact) mass is 327 g/mol. The zero-order valence-corrected chi connectivity index (χ0v) is 14.2. The standard InChI is InChI=1S/C15H22ClN3OS/c1-10(19-6-7-21-15(2,3)9-19)14(20)18-13-5-4-11(17)8-12(13)16/h4-5,8,10H,6-7,9,17H2,1-3H3,(H,18,20). The number of nitrogens with zero attached hydrogens (tertiary/aromatic N) is 1. The predicted octanol–water partition coefficient (Wildman–Crippen LogP) is 3.08. The Balaban J connectivity index is 2.02. The summed E-state index contributed by atoms with van der Waals surface area (Å²) in [6.07, 6.45) is 0. The third kappa shape index (κ3) is 4.28. The summed E-state index contributed by atoms with van der Waals surface area (Å²) >= 11 is 8.05. The van der Waals surface area contributed by atoms with Crippen LogP contribution in [0.1, 0.15) is 20.8 Å². The zero-order chi connectivity index (χ0) is 15.6. The lowest BCUT2D eigenvalue weighted by Crippen LogP contribution is -2.51. The third-order valence-corrected chi connectivity index (χ3v) is 5.24. The van der Waals surface area contributed by atoms with Gasteiger partial charge in [0.2, 0.25) is 5.91 Å². The molecule has 1 amide bonds. The molecule has 1 saturated heterocycles. The van der Waals surface area contributed by atoms with Crippen molar-refractivity contribution in [1.82, 2.24) is 4.90 Å². The topological polar surface area (TPSA) is 58.4 Å². The molecule has 2 rings (SSSR count). The largest absolute Gasteiger partial charge is 0.399 e. The van der Waals surface area contributed by atoms with Crippen LogP contribution in [0.4, 0.5) is 11.4 Å². The van der Waals surface area contributed by atoms with Gasteiger partial charge < -0.3 is 11.1 Å². The van der Waals surface area contributed by atoms with Crippen LogP contribution in [0.2, 0.25) is 5.02 Å². The van der Waals surface area contributed by atoms with Gasteiger partial charge in [-0.15, -0.1) is 0 Å². The first kappa shape index (κ1) is 16.5. The second-order valence-corrected chi connectivity index (χ2v) is 8.19. The van der Waals surface area contributed by atoms with E-state index in [1.165, 1.54) is 0 Å². The van der Waals surface area contributed by atoms with Crippen LogP contribution in [0, 0.1) is 0 Å². The molecule has 1 aromatic rings. The Morgan fingerprint density at radius 3 is 2.86 bits per heavy atom. The number of halogens is 1. The molecular formula is C15H22ClN3OS. The molecule has 1 atom stereocenters. The number of hydrogen-bond donors (Lipinski definition) is 2. The van der Waals surface area contributed by atoms with Crippen molar-refractivity contribution in [3.8, 4) is 0 Å². The first-order valence-corrected chi connectivity index (χ1v) is 8.39. The summed E-state index contributed by atoms with van der Waals surface area (Å²) < 4.78 is 0.186. The number of hydrogen-bond acceptors (Lipinski definition) is 4. The average molecular weight is 328 g/mol. The maximum absolute atomic E-state index is 12.4. The summed E-state index contributed by atoms with van der Waals surface area (Å²) in [4.78, 5) is 14.6. The summed E-state index contributed by atoms with van der Waals surface area (Å²) in [5.41, 5.74) is 6.85. The number of carbonyl (C=O) groups is 1. The van der Waals surface area contributed by atoms with Crippen molar-refractivity contribution < 1.29 is 4.79 Å². The van der Waals surface area contributed by atoms with Crippen molar-refractivity contribution in [3.05, 3.63) is 23.2 Å². The highest BCUT2D eigenvalue weighted by molar-refractivity contribution is 8.00. The summed E-state index contributed by atoms with van der Waals surface area (Å²) in [7, 11) is 0. The van der Waals surface area contributed by atoms with Crippen molar-refractivity contribution in [2.75, 3.05) is 29.9 Å². The van der Waals surface area contributed by atoms with E-state index in [4.69, 9.17) is 17.3 Å². The van der Waals surface area contributed by atoms with E-state index in [-0.39, 0.29) is 16.7 Å². The molecule has 3 N–H and O–H groups in total. The van der Waals surface area contributed by atoms with Gasteiger partial charge in [-0.1, -0.05) is 11.6 Å². The van der Waals surface area contributed by atoms with Crippen molar-refractivity contribution >= 4 is 40.6 Å². The Kier molecular flexibility index (Phi) is 5.07. The molecule has 0 saturated carbocycles. The number of thioether (sulfide) groups is 1. The molecule has 6 heteroatoms. The van der Waals surface area contributed by atoms with Gasteiger partial charge in [-0.2, -0.15) is 11.8 Å². The lowest BCUT2D eigenvalue weighted by molar-refractivity contribution is -0.120. The van der Waals surface area contributed by atoms with Crippen molar-refractivity contribution in [3.63, 3.8) is 0 Å². The van der Waals surface area contributed by atoms with E-state index in [0.717, 1.165) is 18.8 Å². The Morgan fingerprint density at radius 1 is 1.52 bits per heavy atom. The van der Waals surface area contributed by atoms with E-state index in [0.29, 0.717) is 16.4 Å². The molecule has 0 radical (unpaired) electrons. The number of rotatable bonds is 3. The van der Waals surface area contributed by atoms with Crippen LogP contribution in [0.5, 0.6) is 0 Å². The maximum Gasteiger partial charge on any atom is 0.241 e. The highest BCUT2D eigenvalue weighted by Gasteiger charge is 2.32. The fourth-order valence-electron chi connectivity index (χ4n) is 2.42. The SMILES string of the molecule is CC(C(=O)Nc1ccc(N)cc1Cl)N1CCSC(C)(C)C1. The minimum atomic E-state index is -0.182. The zero-order valence-electron chi connectivity index (χ0n) is 12.6. The fourth-order valence-corrected chi connectivity index (χ4v) is 3.79. The van der Waals surface area contributed by atoms with Crippen LogP contribution in [0.15, 0.2) is 18.2 Å².